The van der Waals surface area contributed by atoms with Gasteiger partial charge in [-0.25, -0.2) is 0 Å². The fourth-order valence-electron chi connectivity index (χ4n) is 2.24. The van der Waals surface area contributed by atoms with Crippen molar-refractivity contribution in [1.29, 1.82) is 0 Å². The van der Waals surface area contributed by atoms with E-state index >= 15 is 0 Å². The first-order valence-corrected chi connectivity index (χ1v) is 8.10. The van der Waals surface area contributed by atoms with Gasteiger partial charge in [-0.15, -0.1) is 0 Å². The van der Waals surface area contributed by atoms with Gasteiger partial charge in [-0.3, -0.25) is 14.5 Å². The Hall–Kier alpha value is -1.14. The Morgan fingerprint density at radius 2 is 1.57 bits per heavy atom. The van der Waals surface area contributed by atoms with E-state index in [9.17, 15) is 9.59 Å². The van der Waals surface area contributed by atoms with Crippen molar-refractivity contribution in [3.63, 3.8) is 0 Å². The van der Waals surface area contributed by atoms with Crippen LogP contribution >= 0.6 is 0 Å². The summed E-state index contributed by atoms with van der Waals surface area (Å²) in [5, 5.41) is 5.32. The van der Waals surface area contributed by atoms with E-state index in [-0.39, 0.29) is 0 Å². The van der Waals surface area contributed by atoms with Gasteiger partial charge in [-0.05, 0) is 19.4 Å². The number of rotatable bonds is 9. The molecule has 1 aliphatic rings. The Kier molecular flexibility index (Phi) is 9.82. The number of carbonyl (C=O) groups excluding carboxylic acids is 2. The lowest BCUT2D eigenvalue weighted by Crippen LogP contribution is -2.42. The Morgan fingerprint density at radius 3 is 2.19 bits per heavy atom. The molecule has 0 bridgehead atoms. The van der Waals surface area contributed by atoms with Gasteiger partial charge in [0, 0.05) is 26.2 Å². The predicted molar refractivity (Wildman–Crippen MR) is 82.0 cm³/mol. The van der Waals surface area contributed by atoms with Crippen LogP contribution < -0.4 is 10.6 Å². The molecule has 0 aromatic carbocycles. The fourth-order valence-corrected chi connectivity index (χ4v) is 2.24. The Morgan fingerprint density at radius 1 is 0.952 bits per heavy atom. The molecule has 6 heteroatoms. The maximum atomic E-state index is 11.6. The summed E-state index contributed by atoms with van der Waals surface area (Å²) in [5.74, 6) is -1.04. The number of amides is 2. The average molecular weight is 299 g/mol. The molecule has 1 heterocycles. The highest BCUT2D eigenvalue weighted by Gasteiger charge is 2.13. The smallest absolute Gasteiger partial charge is 0.309 e. The SMILES string of the molecule is CCCCCCNC(=O)C(=O)NCCCN1CCOCC1. The topological polar surface area (TPSA) is 70.7 Å². The number of unbranched alkanes of at least 4 members (excludes halogenated alkanes) is 3. The molecule has 122 valence electrons. The Balaban J connectivity index is 1.97. The Labute approximate surface area is 127 Å². The third kappa shape index (κ3) is 8.67. The number of hydrogen-bond donors (Lipinski definition) is 2. The lowest BCUT2D eigenvalue weighted by molar-refractivity contribution is -0.139. The lowest BCUT2D eigenvalue weighted by Gasteiger charge is -2.26. The summed E-state index contributed by atoms with van der Waals surface area (Å²) in [4.78, 5) is 25.4. The summed E-state index contributed by atoms with van der Waals surface area (Å²) in [6.07, 6.45) is 5.22. The van der Waals surface area contributed by atoms with E-state index in [1.165, 1.54) is 6.42 Å². The van der Waals surface area contributed by atoms with Crippen molar-refractivity contribution in [3.8, 4) is 0 Å². The Bertz CT molecular complexity index is 305. The summed E-state index contributed by atoms with van der Waals surface area (Å²) in [5.41, 5.74) is 0. The van der Waals surface area contributed by atoms with E-state index in [1.54, 1.807) is 0 Å². The fraction of sp³-hybridized carbons (Fsp3) is 0.867. The largest absolute Gasteiger partial charge is 0.379 e. The summed E-state index contributed by atoms with van der Waals surface area (Å²) < 4.78 is 5.27. The van der Waals surface area contributed by atoms with Gasteiger partial charge >= 0.3 is 11.8 Å². The molecule has 0 aliphatic carbocycles. The highest BCUT2D eigenvalue weighted by molar-refractivity contribution is 6.35. The van der Waals surface area contributed by atoms with E-state index in [0.29, 0.717) is 13.1 Å². The summed E-state index contributed by atoms with van der Waals surface area (Å²) >= 11 is 0. The molecule has 1 aliphatic heterocycles. The molecular weight excluding hydrogens is 270 g/mol. The summed E-state index contributed by atoms with van der Waals surface area (Å²) in [7, 11) is 0. The van der Waals surface area contributed by atoms with Gasteiger partial charge in [0.1, 0.15) is 0 Å². The molecule has 0 radical (unpaired) electrons. The molecule has 0 spiro atoms. The van der Waals surface area contributed by atoms with Gasteiger partial charge in [-0.2, -0.15) is 0 Å². The van der Waals surface area contributed by atoms with Crippen molar-refractivity contribution in [2.45, 2.75) is 39.0 Å². The summed E-state index contributed by atoms with van der Waals surface area (Å²) in [6.45, 7) is 7.67. The molecule has 0 saturated carbocycles. The number of nitrogens with zero attached hydrogens (tertiary/aromatic N) is 1. The van der Waals surface area contributed by atoms with E-state index in [2.05, 4.69) is 22.5 Å². The normalized spacial score (nSPS) is 15.7. The molecule has 21 heavy (non-hydrogen) atoms. The second kappa shape index (κ2) is 11.5. The van der Waals surface area contributed by atoms with Gasteiger partial charge in [0.2, 0.25) is 0 Å². The molecule has 6 nitrogen and oxygen atoms in total. The maximum absolute atomic E-state index is 11.6. The average Bonchev–Trinajstić information content (AvgIpc) is 2.52. The first kappa shape index (κ1) is 17.9. The van der Waals surface area contributed by atoms with Gasteiger partial charge in [-0.1, -0.05) is 26.2 Å². The lowest BCUT2D eigenvalue weighted by atomic mass is 10.2. The molecule has 0 aromatic rings. The van der Waals surface area contributed by atoms with Crippen LogP contribution in [0.5, 0.6) is 0 Å². The van der Waals surface area contributed by atoms with Gasteiger partial charge in [0.25, 0.3) is 0 Å². The summed E-state index contributed by atoms with van der Waals surface area (Å²) in [6, 6.07) is 0. The highest BCUT2D eigenvalue weighted by Crippen LogP contribution is 1.98. The predicted octanol–water partition coefficient (Wildman–Crippen LogP) is 0.521. The van der Waals surface area contributed by atoms with Crippen LogP contribution in [0.25, 0.3) is 0 Å². The van der Waals surface area contributed by atoms with E-state index < -0.39 is 11.8 Å². The molecule has 1 saturated heterocycles. The molecule has 0 aromatic heterocycles. The molecule has 0 atom stereocenters. The number of morpholine rings is 1. The van der Waals surface area contributed by atoms with Crippen LogP contribution in [0.4, 0.5) is 0 Å². The van der Waals surface area contributed by atoms with E-state index in [1.807, 2.05) is 0 Å². The standard InChI is InChI=1S/C15H29N3O3/c1-2-3-4-5-7-16-14(19)15(20)17-8-6-9-18-10-12-21-13-11-18/h2-13H2,1H3,(H,16,19)(H,17,20). The van der Waals surface area contributed by atoms with E-state index in [0.717, 1.165) is 58.5 Å². The van der Waals surface area contributed by atoms with Crippen LogP contribution in [0.15, 0.2) is 0 Å². The van der Waals surface area contributed by atoms with E-state index in [4.69, 9.17) is 4.74 Å². The highest BCUT2D eigenvalue weighted by atomic mass is 16.5. The minimum absolute atomic E-state index is 0.516. The number of carbonyl (C=O) groups is 2. The van der Waals surface area contributed by atoms with Crippen LogP contribution in [0, 0.1) is 0 Å². The molecule has 0 unspecified atom stereocenters. The van der Waals surface area contributed by atoms with Crippen molar-refractivity contribution in [1.82, 2.24) is 15.5 Å². The minimum Gasteiger partial charge on any atom is -0.379 e. The van der Waals surface area contributed by atoms with Crippen LogP contribution in [0.2, 0.25) is 0 Å². The molecule has 2 amide bonds. The molecule has 2 N–H and O–H groups in total. The minimum atomic E-state index is -0.521. The van der Waals surface area contributed by atoms with Crippen LogP contribution in [-0.2, 0) is 14.3 Å². The first-order valence-electron chi connectivity index (χ1n) is 8.10. The van der Waals surface area contributed by atoms with Crippen molar-refractivity contribution >= 4 is 11.8 Å². The van der Waals surface area contributed by atoms with Crippen molar-refractivity contribution in [2.24, 2.45) is 0 Å². The second-order valence-electron chi connectivity index (χ2n) is 5.38. The zero-order valence-corrected chi connectivity index (χ0v) is 13.2. The quantitative estimate of drug-likeness (QED) is 0.481. The third-order valence-electron chi connectivity index (χ3n) is 3.56. The van der Waals surface area contributed by atoms with Gasteiger partial charge in [0.05, 0.1) is 13.2 Å². The van der Waals surface area contributed by atoms with Crippen molar-refractivity contribution in [2.75, 3.05) is 45.9 Å². The van der Waals surface area contributed by atoms with Gasteiger partial charge < -0.3 is 15.4 Å². The zero-order valence-electron chi connectivity index (χ0n) is 13.2. The monoisotopic (exact) mass is 299 g/mol. The van der Waals surface area contributed by atoms with Gasteiger partial charge in [0.15, 0.2) is 0 Å². The van der Waals surface area contributed by atoms with Crippen LogP contribution in [0.3, 0.4) is 0 Å². The van der Waals surface area contributed by atoms with Crippen LogP contribution in [-0.4, -0.2) is 62.7 Å². The third-order valence-corrected chi connectivity index (χ3v) is 3.56. The zero-order chi connectivity index (χ0) is 15.3. The number of ether oxygens (including phenoxy) is 1. The van der Waals surface area contributed by atoms with Crippen LogP contribution in [0.1, 0.15) is 39.0 Å². The molecular formula is C15H29N3O3. The molecule has 1 fully saturated rings. The number of nitrogens with one attached hydrogen (secondary N) is 2. The van der Waals surface area contributed by atoms with Crippen molar-refractivity contribution < 1.29 is 14.3 Å². The number of hydrogen-bond acceptors (Lipinski definition) is 4. The first-order chi connectivity index (χ1) is 10.2. The second-order valence-corrected chi connectivity index (χ2v) is 5.38. The maximum Gasteiger partial charge on any atom is 0.309 e. The van der Waals surface area contributed by atoms with Crippen molar-refractivity contribution in [3.05, 3.63) is 0 Å². The molecule has 1 rings (SSSR count).